The van der Waals surface area contributed by atoms with Crippen LogP contribution in [0, 0.1) is 0 Å². The van der Waals surface area contributed by atoms with E-state index in [9.17, 15) is 0 Å². The fourth-order valence-electron chi connectivity index (χ4n) is 1.66. The molecular weight excluding hydrogens is 170 g/mol. The minimum absolute atomic E-state index is 0.810. The van der Waals surface area contributed by atoms with Gasteiger partial charge < -0.3 is 5.32 Å². The molecule has 1 saturated carbocycles. The van der Waals surface area contributed by atoms with E-state index in [1.165, 1.54) is 36.8 Å². The summed E-state index contributed by atoms with van der Waals surface area (Å²) in [6.45, 7) is 3.26. The summed E-state index contributed by atoms with van der Waals surface area (Å²) < 4.78 is 0. The molecule has 76 valence electrons. The molecule has 0 atom stereocenters. The molecule has 1 aliphatic carbocycles. The van der Waals surface area contributed by atoms with Crippen molar-refractivity contribution < 1.29 is 0 Å². The van der Waals surface area contributed by atoms with E-state index in [1.807, 2.05) is 0 Å². The van der Waals surface area contributed by atoms with E-state index in [0.717, 1.165) is 12.6 Å². The van der Waals surface area contributed by atoms with E-state index >= 15 is 0 Å². The minimum Gasteiger partial charge on any atom is -0.310 e. The maximum absolute atomic E-state index is 3.52. The lowest BCUT2D eigenvalue weighted by molar-refractivity contribution is 0.687. The van der Waals surface area contributed by atoms with Crippen LogP contribution < -0.4 is 5.32 Å². The molecule has 0 bridgehead atoms. The van der Waals surface area contributed by atoms with Crippen molar-refractivity contribution in [3.63, 3.8) is 0 Å². The van der Waals surface area contributed by atoms with Gasteiger partial charge in [0.2, 0.25) is 0 Å². The molecule has 0 aromatic heterocycles. The molecule has 0 aliphatic heterocycles. The number of nitrogens with one attached hydrogen (secondary N) is 1. The monoisotopic (exact) mass is 189 g/mol. The van der Waals surface area contributed by atoms with Crippen molar-refractivity contribution in [1.82, 2.24) is 5.32 Å². The first-order valence-electron chi connectivity index (χ1n) is 5.69. The zero-order valence-corrected chi connectivity index (χ0v) is 8.92. The van der Waals surface area contributed by atoms with Crippen LogP contribution in [0.5, 0.6) is 0 Å². The molecule has 0 saturated heterocycles. The van der Waals surface area contributed by atoms with Gasteiger partial charge in [0.15, 0.2) is 0 Å². The molecular formula is C13H19N. The molecule has 0 unspecified atom stereocenters. The average molecular weight is 189 g/mol. The zero-order valence-electron chi connectivity index (χ0n) is 8.92. The van der Waals surface area contributed by atoms with Crippen LogP contribution in [-0.2, 0) is 13.0 Å². The minimum atomic E-state index is 0.810. The van der Waals surface area contributed by atoms with Crippen LogP contribution >= 0.6 is 0 Å². The molecule has 1 N–H and O–H groups in total. The van der Waals surface area contributed by atoms with E-state index in [1.54, 1.807) is 0 Å². The maximum Gasteiger partial charge on any atom is 0.0208 e. The predicted molar refractivity (Wildman–Crippen MR) is 60.3 cm³/mol. The second kappa shape index (κ2) is 4.61. The Kier molecular flexibility index (Phi) is 3.20. The lowest BCUT2D eigenvalue weighted by atomic mass is 10.1. The van der Waals surface area contributed by atoms with E-state index in [-0.39, 0.29) is 0 Å². The van der Waals surface area contributed by atoms with Gasteiger partial charge in [-0.3, -0.25) is 0 Å². The second-order valence-electron chi connectivity index (χ2n) is 4.22. The highest BCUT2D eigenvalue weighted by Crippen LogP contribution is 2.19. The Morgan fingerprint density at radius 1 is 1.14 bits per heavy atom. The van der Waals surface area contributed by atoms with Gasteiger partial charge >= 0.3 is 0 Å². The normalized spacial score (nSPS) is 15.8. The van der Waals surface area contributed by atoms with Crippen molar-refractivity contribution in [2.45, 2.75) is 45.2 Å². The SMILES string of the molecule is CCCc1ccc(CNC2CC2)cc1. The number of rotatable bonds is 5. The molecule has 0 amide bonds. The summed E-state index contributed by atoms with van der Waals surface area (Å²) >= 11 is 0. The Morgan fingerprint density at radius 3 is 2.36 bits per heavy atom. The molecule has 2 rings (SSSR count). The number of hydrogen-bond donors (Lipinski definition) is 1. The van der Waals surface area contributed by atoms with Crippen LogP contribution in [0.2, 0.25) is 0 Å². The van der Waals surface area contributed by atoms with E-state index in [2.05, 4.69) is 36.5 Å². The molecule has 1 fully saturated rings. The van der Waals surface area contributed by atoms with Crippen molar-refractivity contribution in [3.05, 3.63) is 35.4 Å². The van der Waals surface area contributed by atoms with E-state index < -0.39 is 0 Å². The molecule has 14 heavy (non-hydrogen) atoms. The Labute approximate surface area is 86.5 Å². The highest BCUT2D eigenvalue weighted by Gasteiger charge is 2.19. The molecule has 1 aliphatic rings. The Hall–Kier alpha value is -0.820. The van der Waals surface area contributed by atoms with E-state index in [4.69, 9.17) is 0 Å². The van der Waals surface area contributed by atoms with Gasteiger partial charge in [-0.1, -0.05) is 37.6 Å². The smallest absolute Gasteiger partial charge is 0.0208 e. The van der Waals surface area contributed by atoms with Crippen LogP contribution in [0.1, 0.15) is 37.3 Å². The molecule has 0 radical (unpaired) electrons. The van der Waals surface area contributed by atoms with Crippen LogP contribution in [-0.4, -0.2) is 6.04 Å². The molecule has 1 heteroatoms. The number of aryl methyl sites for hydroxylation is 1. The van der Waals surface area contributed by atoms with Crippen molar-refractivity contribution >= 4 is 0 Å². The van der Waals surface area contributed by atoms with Gasteiger partial charge in [0, 0.05) is 12.6 Å². The van der Waals surface area contributed by atoms with Gasteiger partial charge in [-0.25, -0.2) is 0 Å². The van der Waals surface area contributed by atoms with Crippen molar-refractivity contribution in [2.24, 2.45) is 0 Å². The average Bonchev–Trinajstić information content (AvgIpc) is 3.01. The number of benzene rings is 1. The molecule has 1 aromatic carbocycles. The van der Waals surface area contributed by atoms with Gasteiger partial charge in [-0.15, -0.1) is 0 Å². The first-order valence-corrected chi connectivity index (χ1v) is 5.69. The Balaban J connectivity index is 1.84. The largest absolute Gasteiger partial charge is 0.310 e. The fraction of sp³-hybridized carbons (Fsp3) is 0.538. The molecule has 1 nitrogen and oxygen atoms in total. The predicted octanol–water partition coefficient (Wildman–Crippen LogP) is 2.89. The van der Waals surface area contributed by atoms with Crippen LogP contribution in [0.15, 0.2) is 24.3 Å². The van der Waals surface area contributed by atoms with Gasteiger partial charge in [0.05, 0.1) is 0 Å². The van der Waals surface area contributed by atoms with Gasteiger partial charge in [0.1, 0.15) is 0 Å². The topological polar surface area (TPSA) is 12.0 Å². The summed E-state index contributed by atoms with van der Waals surface area (Å²) in [5.74, 6) is 0. The van der Waals surface area contributed by atoms with E-state index in [0.29, 0.717) is 0 Å². The second-order valence-corrected chi connectivity index (χ2v) is 4.22. The summed E-state index contributed by atoms with van der Waals surface area (Å²) in [7, 11) is 0. The zero-order chi connectivity index (χ0) is 9.80. The molecule has 0 spiro atoms. The third kappa shape index (κ3) is 2.85. The standard InChI is InChI=1S/C13H19N/c1-2-3-11-4-6-12(7-5-11)10-14-13-8-9-13/h4-7,13-14H,2-3,8-10H2,1H3. The third-order valence-electron chi connectivity index (χ3n) is 2.73. The van der Waals surface area contributed by atoms with Gasteiger partial charge in [-0.05, 0) is 30.4 Å². The fourth-order valence-corrected chi connectivity index (χ4v) is 1.66. The quantitative estimate of drug-likeness (QED) is 0.751. The maximum atomic E-state index is 3.52. The molecule has 0 heterocycles. The summed E-state index contributed by atoms with van der Waals surface area (Å²) in [5, 5.41) is 3.52. The summed E-state index contributed by atoms with van der Waals surface area (Å²) in [6.07, 6.45) is 5.18. The Bertz CT molecular complexity index is 272. The van der Waals surface area contributed by atoms with Gasteiger partial charge in [-0.2, -0.15) is 0 Å². The van der Waals surface area contributed by atoms with Gasteiger partial charge in [0.25, 0.3) is 0 Å². The van der Waals surface area contributed by atoms with Crippen LogP contribution in [0.4, 0.5) is 0 Å². The van der Waals surface area contributed by atoms with Crippen LogP contribution in [0.3, 0.4) is 0 Å². The van der Waals surface area contributed by atoms with Crippen molar-refractivity contribution in [1.29, 1.82) is 0 Å². The lowest BCUT2D eigenvalue weighted by Crippen LogP contribution is -2.15. The van der Waals surface area contributed by atoms with Crippen LogP contribution in [0.25, 0.3) is 0 Å². The molecule has 1 aromatic rings. The summed E-state index contributed by atoms with van der Waals surface area (Å²) in [6, 6.07) is 9.83. The first-order chi connectivity index (χ1) is 6.88. The first kappa shape index (κ1) is 9.72. The Morgan fingerprint density at radius 2 is 1.79 bits per heavy atom. The highest BCUT2D eigenvalue weighted by molar-refractivity contribution is 5.22. The van der Waals surface area contributed by atoms with Crippen molar-refractivity contribution in [3.8, 4) is 0 Å². The number of hydrogen-bond acceptors (Lipinski definition) is 1. The summed E-state index contributed by atoms with van der Waals surface area (Å²) in [4.78, 5) is 0. The highest BCUT2D eigenvalue weighted by atomic mass is 14.9. The lowest BCUT2D eigenvalue weighted by Gasteiger charge is -2.04. The van der Waals surface area contributed by atoms with Crippen molar-refractivity contribution in [2.75, 3.05) is 0 Å². The summed E-state index contributed by atoms with van der Waals surface area (Å²) in [5.41, 5.74) is 2.87. The third-order valence-corrected chi connectivity index (χ3v) is 2.73.